The zero-order chi connectivity index (χ0) is 15.5. The number of rotatable bonds is 3. The molecule has 4 fully saturated rings. The molecule has 1 heterocycles. The fourth-order valence-corrected chi connectivity index (χ4v) is 5.66. The van der Waals surface area contributed by atoms with Crippen LogP contribution in [0.15, 0.2) is 4.47 Å². The Hall–Kier alpha value is -1.44. The van der Waals surface area contributed by atoms with Gasteiger partial charge in [0.1, 0.15) is 4.47 Å². The number of aromatic nitrogens is 2. The average Bonchev–Trinajstić information content (AvgIpc) is 2.78. The van der Waals surface area contributed by atoms with Crippen LogP contribution in [-0.4, -0.2) is 26.6 Å². The van der Waals surface area contributed by atoms with Crippen LogP contribution in [0.3, 0.4) is 0 Å². The molecule has 1 amide bonds. The van der Waals surface area contributed by atoms with Crippen molar-refractivity contribution < 1.29 is 9.72 Å². The van der Waals surface area contributed by atoms with Gasteiger partial charge in [0.05, 0.1) is 0 Å². The summed E-state index contributed by atoms with van der Waals surface area (Å²) >= 11 is 3.11. The number of nitro groups is 1. The van der Waals surface area contributed by atoms with Crippen molar-refractivity contribution >= 4 is 27.7 Å². The summed E-state index contributed by atoms with van der Waals surface area (Å²) in [5.41, 5.74) is -0.0543. The zero-order valence-electron chi connectivity index (χ0n) is 12.0. The molecule has 0 radical (unpaired) electrons. The van der Waals surface area contributed by atoms with Crippen LogP contribution in [0.1, 0.15) is 49.0 Å². The Morgan fingerprint density at radius 2 is 1.82 bits per heavy atom. The van der Waals surface area contributed by atoms with Crippen molar-refractivity contribution in [2.75, 3.05) is 0 Å². The third kappa shape index (κ3) is 2.15. The maximum Gasteiger partial charge on any atom is 0.357 e. The van der Waals surface area contributed by atoms with Crippen LogP contribution in [0.4, 0.5) is 5.82 Å². The predicted octanol–water partition coefficient (Wildman–Crippen LogP) is 2.78. The molecule has 0 atom stereocenters. The summed E-state index contributed by atoms with van der Waals surface area (Å²) in [6.07, 6.45) is 7.00. The fraction of sp³-hybridized carbons (Fsp3) is 0.714. The number of amides is 1. The summed E-state index contributed by atoms with van der Waals surface area (Å²) in [7, 11) is 0. The molecule has 1 aromatic rings. The number of hydrogen-bond acceptors (Lipinski definition) is 4. The number of hydrogen-bond donors (Lipinski definition) is 2. The van der Waals surface area contributed by atoms with Gasteiger partial charge < -0.3 is 15.4 Å². The maximum atomic E-state index is 12.5. The Morgan fingerprint density at radius 3 is 2.27 bits per heavy atom. The highest BCUT2D eigenvalue weighted by molar-refractivity contribution is 9.10. The molecule has 0 aliphatic heterocycles. The van der Waals surface area contributed by atoms with E-state index in [1.807, 2.05) is 0 Å². The monoisotopic (exact) mass is 368 g/mol. The van der Waals surface area contributed by atoms with E-state index in [1.54, 1.807) is 0 Å². The predicted molar refractivity (Wildman–Crippen MR) is 81.3 cm³/mol. The highest BCUT2D eigenvalue weighted by atomic mass is 79.9. The molecule has 0 aromatic carbocycles. The van der Waals surface area contributed by atoms with Crippen LogP contribution >= 0.6 is 15.9 Å². The van der Waals surface area contributed by atoms with Gasteiger partial charge in [-0.15, -0.1) is 5.10 Å². The molecular weight excluding hydrogens is 352 g/mol. The smallest absolute Gasteiger partial charge is 0.357 e. The summed E-state index contributed by atoms with van der Waals surface area (Å²) in [6, 6.07) is 0. The van der Waals surface area contributed by atoms with Crippen molar-refractivity contribution in [1.29, 1.82) is 0 Å². The molecule has 118 valence electrons. The highest BCUT2D eigenvalue weighted by Gasteiger charge is 2.51. The number of aromatic amines is 1. The second-order valence-corrected chi connectivity index (χ2v) is 7.94. The minimum atomic E-state index is -0.585. The zero-order valence-corrected chi connectivity index (χ0v) is 13.6. The Morgan fingerprint density at radius 1 is 1.27 bits per heavy atom. The Bertz CT molecular complexity index is 621. The molecule has 1 aromatic heterocycles. The van der Waals surface area contributed by atoms with Crippen molar-refractivity contribution in [2.24, 2.45) is 17.8 Å². The summed E-state index contributed by atoms with van der Waals surface area (Å²) in [5, 5.41) is 20.1. The van der Waals surface area contributed by atoms with E-state index < -0.39 is 4.92 Å². The first-order chi connectivity index (χ1) is 10.5. The number of nitrogens with zero attached hydrogens (tertiary/aromatic N) is 2. The molecule has 0 saturated heterocycles. The van der Waals surface area contributed by atoms with Crippen molar-refractivity contribution in [1.82, 2.24) is 15.5 Å². The van der Waals surface area contributed by atoms with Gasteiger partial charge in [0.2, 0.25) is 0 Å². The van der Waals surface area contributed by atoms with E-state index in [1.165, 1.54) is 19.3 Å². The molecular formula is C14H17BrN4O3. The van der Waals surface area contributed by atoms with E-state index in [0.29, 0.717) is 0 Å². The highest BCUT2D eigenvalue weighted by Crippen LogP contribution is 2.55. The molecule has 4 aliphatic carbocycles. The summed E-state index contributed by atoms with van der Waals surface area (Å²) < 4.78 is 0.125. The normalized spacial score (nSPS) is 35.6. The number of H-pyrrole nitrogens is 1. The van der Waals surface area contributed by atoms with Gasteiger partial charge in [-0.3, -0.25) is 4.79 Å². The van der Waals surface area contributed by atoms with Gasteiger partial charge >= 0.3 is 5.82 Å². The minimum Gasteiger partial charge on any atom is -0.358 e. The summed E-state index contributed by atoms with van der Waals surface area (Å²) in [4.78, 5) is 22.8. The van der Waals surface area contributed by atoms with Gasteiger partial charge in [0.15, 0.2) is 5.69 Å². The number of nitrogens with one attached hydrogen (secondary N) is 2. The molecule has 8 heteroatoms. The van der Waals surface area contributed by atoms with Crippen molar-refractivity contribution in [3.05, 3.63) is 20.3 Å². The lowest BCUT2D eigenvalue weighted by Gasteiger charge is -2.56. The second kappa shape index (κ2) is 4.78. The van der Waals surface area contributed by atoms with E-state index in [0.717, 1.165) is 37.0 Å². The van der Waals surface area contributed by atoms with Gasteiger partial charge in [-0.2, -0.15) is 0 Å². The largest absolute Gasteiger partial charge is 0.358 e. The van der Waals surface area contributed by atoms with Gasteiger partial charge in [0.25, 0.3) is 5.91 Å². The minimum absolute atomic E-state index is 0.0717. The first kappa shape index (κ1) is 14.2. The summed E-state index contributed by atoms with van der Waals surface area (Å²) in [6.45, 7) is 0. The maximum absolute atomic E-state index is 12.5. The lowest BCUT2D eigenvalue weighted by atomic mass is 9.53. The van der Waals surface area contributed by atoms with Crippen molar-refractivity contribution in [3.8, 4) is 0 Å². The van der Waals surface area contributed by atoms with Gasteiger partial charge in [-0.25, -0.2) is 0 Å². The fourth-order valence-electron chi connectivity index (χ4n) is 5.15. The lowest BCUT2D eigenvalue weighted by Crippen LogP contribution is -2.59. The topological polar surface area (TPSA) is 101 Å². The van der Waals surface area contributed by atoms with E-state index in [2.05, 4.69) is 31.4 Å². The molecule has 2 N–H and O–H groups in total. The third-order valence-corrected chi connectivity index (χ3v) is 6.26. The van der Waals surface area contributed by atoms with Crippen LogP contribution in [0.25, 0.3) is 0 Å². The van der Waals surface area contributed by atoms with Crippen LogP contribution in [0, 0.1) is 27.9 Å². The van der Waals surface area contributed by atoms with Gasteiger partial charge in [-0.1, -0.05) is 5.10 Å². The first-order valence-corrected chi connectivity index (χ1v) is 8.46. The number of carbonyl (C=O) groups excluding carboxylic acids is 1. The van der Waals surface area contributed by atoms with Crippen LogP contribution in [0.2, 0.25) is 0 Å². The van der Waals surface area contributed by atoms with Crippen molar-refractivity contribution in [2.45, 2.75) is 44.1 Å². The lowest BCUT2D eigenvalue weighted by molar-refractivity contribution is -0.390. The standard InChI is InChI=1S/C14H17BrN4O3/c15-10-11(17-18-12(10)19(21)22)13(20)16-14-4-7-1-8(5-14)3-9(2-7)6-14/h7-9H,1-6H2,(H,16,20)(H,17,18). The quantitative estimate of drug-likeness (QED) is 0.632. The van der Waals surface area contributed by atoms with E-state index in [9.17, 15) is 14.9 Å². The molecule has 0 unspecified atom stereocenters. The molecule has 7 nitrogen and oxygen atoms in total. The van der Waals surface area contributed by atoms with E-state index in [4.69, 9.17) is 0 Å². The SMILES string of the molecule is O=C(NC12CC3CC(CC(C3)C1)C2)c1n[nH]c([N+](=O)[O-])c1Br. The Kier molecular flexibility index (Phi) is 3.08. The van der Waals surface area contributed by atoms with Gasteiger partial charge in [-0.05, 0) is 77.1 Å². The number of carbonyl (C=O) groups is 1. The molecule has 4 aliphatic rings. The van der Waals surface area contributed by atoms with E-state index >= 15 is 0 Å². The average molecular weight is 369 g/mol. The summed E-state index contributed by atoms with van der Waals surface area (Å²) in [5.74, 6) is 1.57. The Balaban J connectivity index is 1.56. The van der Waals surface area contributed by atoms with Crippen molar-refractivity contribution in [3.63, 3.8) is 0 Å². The van der Waals surface area contributed by atoms with Crippen LogP contribution in [-0.2, 0) is 0 Å². The Labute approximate surface area is 135 Å². The molecule has 22 heavy (non-hydrogen) atoms. The number of halogens is 1. The molecule has 4 saturated carbocycles. The van der Waals surface area contributed by atoms with Crippen LogP contribution in [0.5, 0.6) is 0 Å². The molecule has 0 spiro atoms. The third-order valence-electron chi connectivity index (χ3n) is 5.50. The molecule has 4 bridgehead atoms. The van der Waals surface area contributed by atoms with E-state index in [-0.39, 0.29) is 27.4 Å². The second-order valence-electron chi connectivity index (χ2n) is 7.14. The molecule has 5 rings (SSSR count). The first-order valence-electron chi connectivity index (χ1n) is 7.66. The van der Waals surface area contributed by atoms with Crippen LogP contribution < -0.4 is 5.32 Å². The van der Waals surface area contributed by atoms with Gasteiger partial charge in [0, 0.05) is 5.54 Å².